The molecule has 0 heterocycles. The smallest absolute Gasteiger partial charge is 0.243 e. The fourth-order valence-electron chi connectivity index (χ4n) is 2.01. The lowest BCUT2D eigenvalue weighted by atomic mass is 9.86. The van der Waals surface area contributed by atoms with Crippen LogP contribution in [0.2, 0.25) is 0 Å². The van der Waals surface area contributed by atoms with Crippen molar-refractivity contribution in [3.05, 3.63) is 0 Å². The monoisotopic (exact) mass is 199 g/mol. The predicted octanol–water partition coefficient (Wildman–Crippen LogP) is 2.41. The second kappa shape index (κ2) is 6.82. The van der Waals surface area contributed by atoms with Crippen molar-refractivity contribution in [2.45, 2.75) is 51.9 Å². The van der Waals surface area contributed by atoms with Gasteiger partial charge in [0.05, 0.1) is 6.61 Å². The Balaban J connectivity index is 2.03. The van der Waals surface area contributed by atoms with E-state index in [1.165, 1.54) is 32.1 Å². The molecular weight excluding hydrogens is 178 g/mol. The number of amides is 1. The van der Waals surface area contributed by atoms with E-state index in [1.54, 1.807) is 0 Å². The molecule has 1 aliphatic rings. The minimum Gasteiger partial charge on any atom is -0.274 e. The first-order valence-electron chi connectivity index (χ1n) is 5.73. The third kappa shape index (κ3) is 4.61. The lowest BCUT2D eigenvalue weighted by molar-refractivity contribution is -0.133. The summed E-state index contributed by atoms with van der Waals surface area (Å²) in [6.45, 7) is 2.40. The number of hydrogen-bond donors (Lipinski definition) is 1. The van der Waals surface area contributed by atoms with Gasteiger partial charge in [0.25, 0.3) is 0 Å². The zero-order valence-electron chi connectivity index (χ0n) is 9.05. The largest absolute Gasteiger partial charge is 0.274 e. The van der Waals surface area contributed by atoms with Crippen LogP contribution in [0.25, 0.3) is 0 Å². The van der Waals surface area contributed by atoms with E-state index in [1.807, 2.05) is 6.92 Å². The van der Waals surface area contributed by atoms with Gasteiger partial charge < -0.3 is 0 Å². The van der Waals surface area contributed by atoms with Gasteiger partial charge in [0, 0.05) is 6.42 Å². The van der Waals surface area contributed by atoms with Crippen molar-refractivity contribution >= 4 is 5.91 Å². The summed E-state index contributed by atoms with van der Waals surface area (Å²) < 4.78 is 0. The standard InChI is InChI=1S/C11H21NO2/c1-2-14-12-11(13)9-8-10-6-4-3-5-7-10/h10H,2-9H2,1H3,(H,12,13). The molecule has 14 heavy (non-hydrogen) atoms. The minimum absolute atomic E-state index is 0.0254. The van der Waals surface area contributed by atoms with Crippen LogP contribution in [0, 0.1) is 5.92 Å². The third-order valence-electron chi connectivity index (χ3n) is 2.83. The van der Waals surface area contributed by atoms with Gasteiger partial charge in [-0.05, 0) is 19.3 Å². The SMILES string of the molecule is CCONC(=O)CCC1CCCCC1. The van der Waals surface area contributed by atoms with E-state index >= 15 is 0 Å². The van der Waals surface area contributed by atoms with Crippen LogP contribution in [-0.2, 0) is 9.63 Å². The van der Waals surface area contributed by atoms with Crippen LogP contribution in [0.4, 0.5) is 0 Å². The van der Waals surface area contributed by atoms with Crippen LogP contribution >= 0.6 is 0 Å². The van der Waals surface area contributed by atoms with E-state index in [0.29, 0.717) is 13.0 Å². The fourth-order valence-corrected chi connectivity index (χ4v) is 2.01. The van der Waals surface area contributed by atoms with Gasteiger partial charge in [0.2, 0.25) is 5.91 Å². The van der Waals surface area contributed by atoms with Gasteiger partial charge in [-0.15, -0.1) is 0 Å². The van der Waals surface area contributed by atoms with E-state index in [2.05, 4.69) is 5.48 Å². The molecule has 0 atom stereocenters. The second-order valence-electron chi connectivity index (χ2n) is 4.00. The Bertz CT molecular complexity index is 165. The summed E-state index contributed by atoms with van der Waals surface area (Å²) in [5, 5.41) is 0. The van der Waals surface area contributed by atoms with E-state index in [4.69, 9.17) is 4.84 Å². The van der Waals surface area contributed by atoms with Gasteiger partial charge in [-0.25, -0.2) is 5.48 Å². The molecule has 0 bridgehead atoms. The van der Waals surface area contributed by atoms with E-state index in [0.717, 1.165) is 12.3 Å². The first-order chi connectivity index (χ1) is 6.83. The summed E-state index contributed by atoms with van der Waals surface area (Å²) >= 11 is 0. The topological polar surface area (TPSA) is 38.3 Å². The Hall–Kier alpha value is -0.570. The van der Waals surface area contributed by atoms with E-state index < -0.39 is 0 Å². The highest BCUT2D eigenvalue weighted by Gasteiger charge is 2.14. The van der Waals surface area contributed by atoms with Crippen molar-refractivity contribution in [1.82, 2.24) is 5.48 Å². The molecule has 0 aromatic carbocycles. The molecule has 0 unspecified atom stereocenters. The van der Waals surface area contributed by atoms with Crippen molar-refractivity contribution < 1.29 is 9.63 Å². The molecule has 0 aromatic heterocycles. The first-order valence-corrected chi connectivity index (χ1v) is 5.73. The summed E-state index contributed by atoms with van der Waals surface area (Å²) in [4.78, 5) is 16.0. The molecule has 1 rings (SSSR count). The zero-order valence-corrected chi connectivity index (χ0v) is 9.05. The predicted molar refractivity (Wildman–Crippen MR) is 55.6 cm³/mol. The van der Waals surface area contributed by atoms with Crippen LogP contribution in [0.5, 0.6) is 0 Å². The van der Waals surface area contributed by atoms with Gasteiger partial charge in [-0.1, -0.05) is 32.1 Å². The van der Waals surface area contributed by atoms with Crippen LogP contribution < -0.4 is 5.48 Å². The normalized spacial score (nSPS) is 18.1. The maximum Gasteiger partial charge on any atom is 0.243 e. The maximum atomic E-state index is 11.2. The Kier molecular flexibility index (Phi) is 5.60. The second-order valence-corrected chi connectivity index (χ2v) is 4.00. The van der Waals surface area contributed by atoms with Crippen molar-refractivity contribution in [1.29, 1.82) is 0 Å². The molecule has 0 aromatic rings. The number of carbonyl (C=O) groups is 1. The number of hydrogen-bond acceptors (Lipinski definition) is 2. The summed E-state index contributed by atoms with van der Waals surface area (Å²) in [6, 6.07) is 0. The average Bonchev–Trinajstić information content (AvgIpc) is 2.25. The van der Waals surface area contributed by atoms with Gasteiger partial charge >= 0.3 is 0 Å². The maximum absolute atomic E-state index is 11.2. The van der Waals surface area contributed by atoms with Crippen molar-refractivity contribution in [2.75, 3.05) is 6.61 Å². The van der Waals surface area contributed by atoms with E-state index in [-0.39, 0.29) is 5.91 Å². The molecular formula is C11H21NO2. The highest BCUT2D eigenvalue weighted by molar-refractivity contribution is 5.74. The van der Waals surface area contributed by atoms with Crippen LogP contribution in [-0.4, -0.2) is 12.5 Å². The molecule has 82 valence electrons. The van der Waals surface area contributed by atoms with Gasteiger partial charge in [0.15, 0.2) is 0 Å². The van der Waals surface area contributed by atoms with Crippen molar-refractivity contribution in [2.24, 2.45) is 5.92 Å². The number of hydroxylamine groups is 1. The highest BCUT2D eigenvalue weighted by Crippen LogP contribution is 2.26. The molecule has 1 saturated carbocycles. The number of carbonyl (C=O) groups excluding carboxylic acids is 1. The van der Waals surface area contributed by atoms with Gasteiger partial charge in [-0.2, -0.15) is 0 Å². The molecule has 0 aliphatic heterocycles. The summed E-state index contributed by atoms with van der Waals surface area (Å²) in [5.74, 6) is 0.800. The molecule has 1 N–H and O–H groups in total. The molecule has 3 heteroatoms. The van der Waals surface area contributed by atoms with Gasteiger partial charge in [-0.3, -0.25) is 9.63 Å². The summed E-state index contributed by atoms with van der Waals surface area (Å²) in [6.07, 6.45) is 8.32. The molecule has 1 fully saturated rings. The average molecular weight is 199 g/mol. The molecule has 0 spiro atoms. The van der Waals surface area contributed by atoms with Crippen LogP contribution in [0.15, 0.2) is 0 Å². The molecule has 1 amide bonds. The minimum atomic E-state index is 0.0254. The number of rotatable bonds is 5. The molecule has 1 aliphatic carbocycles. The summed E-state index contributed by atoms with van der Waals surface area (Å²) in [7, 11) is 0. The Labute approximate surface area is 86.2 Å². The highest BCUT2D eigenvalue weighted by atomic mass is 16.6. The van der Waals surface area contributed by atoms with Crippen LogP contribution in [0.1, 0.15) is 51.9 Å². The Morgan fingerprint density at radius 3 is 2.71 bits per heavy atom. The Morgan fingerprint density at radius 2 is 2.07 bits per heavy atom. The lowest BCUT2D eigenvalue weighted by Crippen LogP contribution is -2.24. The van der Waals surface area contributed by atoms with Crippen LogP contribution in [0.3, 0.4) is 0 Å². The van der Waals surface area contributed by atoms with Gasteiger partial charge in [0.1, 0.15) is 0 Å². The number of nitrogens with one attached hydrogen (secondary N) is 1. The first kappa shape index (κ1) is 11.5. The summed E-state index contributed by atoms with van der Waals surface area (Å²) in [5.41, 5.74) is 2.43. The zero-order chi connectivity index (χ0) is 10.2. The van der Waals surface area contributed by atoms with Crippen molar-refractivity contribution in [3.63, 3.8) is 0 Å². The van der Waals surface area contributed by atoms with Crippen molar-refractivity contribution in [3.8, 4) is 0 Å². The lowest BCUT2D eigenvalue weighted by Gasteiger charge is -2.20. The Morgan fingerprint density at radius 1 is 1.36 bits per heavy atom. The molecule has 0 saturated heterocycles. The third-order valence-corrected chi connectivity index (χ3v) is 2.83. The molecule has 3 nitrogen and oxygen atoms in total. The fraction of sp³-hybridized carbons (Fsp3) is 0.909. The van der Waals surface area contributed by atoms with E-state index in [9.17, 15) is 4.79 Å². The quantitative estimate of drug-likeness (QED) is 0.690. The molecule has 0 radical (unpaired) electrons.